The third-order valence-electron chi connectivity index (χ3n) is 5.07. The van der Waals surface area contributed by atoms with Gasteiger partial charge in [0.1, 0.15) is 6.10 Å². The maximum atomic E-state index is 11.9. The molecule has 4 N–H and O–H groups in total. The predicted molar refractivity (Wildman–Crippen MR) is 119 cm³/mol. The van der Waals surface area contributed by atoms with Crippen LogP contribution in [0.15, 0.2) is 0 Å². The molecule has 0 aromatic rings. The SMILES string of the molecule is CC(=O)OC1C(OC(C)=O)[C@H](OC(C)=O)C(CN(CCCCCCN)CC(O)O)O[C@H]1OC(C)=O. The molecule has 1 aliphatic rings. The molecule has 0 bridgehead atoms. The summed E-state index contributed by atoms with van der Waals surface area (Å²) in [5.74, 6) is -2.99. The summed E-state index contributed by atoms with van der Waals surface area (Å²) in [6.45, 7) is 5.37. The topological polar surface area (TPSA) is 184 Å². The van der Waals surface area contributed by atoms with Gasteiger partial charge in [0.15, 0.2) is 18.5 Å². The molecule has 1 aliphatic heterocycles. The summed E-state index contributed by atoms with van der Waals surface area (Å²) in [7, 11) is 0. The number of carbonyl (C=O) groups excluding carboxylic acids is 4. The molecular weight excluding hydrogens is 468 g/mol. The summed E-state index contributed by atoms with van der Waals surface area (Å²) in [4.78, 5) is 48.9. The van der Waals surface area contributed by atoms with E-state index in [0.717, 1.165) is 47.0 Å². The van der Waals surface area contributed by atoms with E-state index in [-0.39, 0.29) is 13.1 Å². The highest BCUT2D eigenvalue weighted by atomic mass is 16.7. The molecule has 5 atom stereocenters. The van der Waals surface area contributed by atoms with Crippen LogP contribution in [0.25, 0.3) is 0 Å². The van der Waals surface area contributed by atoms with Gasteiger partial charge in [-0.05, 0) is 25.9 Å². The van der Waals surface area contributed by atoms with Crippen molar-refractivity contribution >= 4 is 23.9 Å². The molecule has 0 aliphatic carbocycles. The monoisotopic (exact) mass is 506 g/mol. The predicted octanol–water partition coefficient (Wildman–Crippen LogP) is -0.799. The van der Waals surface area contributed by atoms with E-state index in [4.69, 9.17) is 29.4 Å². The van der Waals surface area contributed by atoms with Crippen LogP contribution in [0.2, 0.25) is 0 Å². The Hall–Kier alpha value is -2.32. The van der Waals surface area contributed by atoms with Crippen LogP contribution < -0.4 is 5.73 Å². The van der Waals surface area contributed by atoms with Gasteiger partial charge in [0.05, 0.1) is 0 Å². The molecule has 1 rings (SSSR count). The summed E-state index contributed by atoms with van der Waals surface area (Å²) in [5, 5.41) is 19.1. The lowest BCUT2D eigenvalue weighted by Gasteiger charge is -2.45. The van der Waals surface area contributed by atoms with Gasteiger partial charge in [-0.25, -0.2) is 0 Å². The number of nitrogens with zero attached hydrogens (tertiary/aromatic N) is 1. The van der Waals surface area contributed by atoms with Gasteiger partial charge in [0.25, 0.3) is 0 Å². The number of esters is 4. The van der Waals surface area contributed by atoms with Crippen LogP contribution in [0.4, 0.5) is 0 Å². The maximum Gasteiger partial charge on any atom is 0.305 e. The summed E-state index contributed by atoms with van der Waals surface area (Å²) in [5.41, 5.74) is 5.51. The number of carbonyl (C=O) groups is 4. The highest BCUT2D eigenvalue weighted by Gasteiger charge is 2.53. The first kappa shape index (κ1) is 30.7. The van der Waals surface area contributed by atoms with Gasteiger partial charge >= 0.3 is 23.9 Å². The molecule has 13 heteroatoms. The van der Waals surface area contributed by atoms with Gasteiger partial charge in [-0.3, -0.25) is 24.1 Å². The van der Waals surface area contributed by atoms with Crippen LogP contribution in [0.1, 0.15) is 53.4 Å². The average Bonchev–Trinajstić information content (AvgIpc) is 2.71. The van der Waals surface area contributed by atoms with Crippen molar-refractivity contribution in [3.63, 3.8) is 0 Å². The zero-order chi connectivity index (χ0) is 26.5. The minimum absolute atomic E-state index is 0.00518. The quantitative estimate of drug-likeness (QED) is 0.115. The van der Waals surface area contributed by atoms with Crippen molar-refractivity contribution < 1.29 is 53.1 Å². The van der Waals surface area contributed by atoms with Crippen molar-refractivity contribution in [3.8, 4) is 0 Å². The highest BCUT2D eigenvalue weighted by molar-refractivity contribution is 5.69. The average molecular weight is 507 g/mol. The number of hydrogen-bond donors (Lipinski definition) is 3. The van der Waals surface area contributed by atoms with E-state index in [9.17, 15) is 29.4 Å². The van der Waals surface area contributed by atoms with Crippen LogP contribution in [0, 0.1) is 0 Å². The van der Waals surface area contributed by atoms with Crippen molar-refractivity contribution in [2.45, 2.75) is 90.4 Å². The standard InChI is InChI=1S/C22H38N2O11/c1-13(25)31-19-17(11-24(12-18(29)30)10-8-6-5-7-9-23)35-22(34-16(4)28)21(33-15(3)27)20(19)32-14(2)26/h17-22,29-30H,5-12,23H2,1-4H3/t17?,19-,20?,21?,22-/m1/s1. The van der Waals surface area contributed by atoms with E-state index in [2.05, 4.69) is 0 Å². The molecule has 0 spiro atoms. The Morgan fingerprint density at radius 2 is 1.31 bits per heavy atom. The lowest BCUT2D eigenvalue weighted by molar-refractivity contribution is -0.297. The van der Waals surface area contributed by atoms with Crippen LogP contribution >= 0.6 is 0 Å². The molecule has 1 saturated heterocycles. The minimum atomic E-state index is -1.66. The fourth-order valence-electron chi connectivity index (χ4n) is 3.84. The Kier molecular flexibility index (Phi) is 13.7. The number of rotatable bonds is 14. The van der Waals surface area contributed by atoms with Gasteiger partial charge in [-0.15, -0.1) is 0 Å². The number of ether oxygens (including phenoxy) is 5. The van der Waals surface area contributed by atoms with Crippen LogP contribution in [0.3, 0.4) is 0 Å². The van der Waals surface area contributed by atoms with E-state index < -0.39 is 60.9 Å². The summed E-state index contributed by atoms with van der Waals surface area (Å²) in [6.07, 6.45) is -4.82. The van der Waals surface area contributed by atoms with Gasteiger partial charge < -0.3 is 39.6 Å². The molecular formula is C22H38N2O11. The van der Waals surface area contributed by atoms with Gasteiger partial charge in [0, 0.05) is 40.8 Å². The Morgan fingerprint density at radius 1 is 0.800 bits per heavy atom. The van der Waals surface area contributed by atoms with Crippen molar-refractivity contribution in [3.05, 3.63) is 0 Å². The zero-order valence-electron chi connectivity index (χ0n) is 20.7. The molecule has 0 aromatic carbocycles. The van der Waals surface area contributed by atoms with Gasteiger partial charge in [0.2, 0.25) is 12.4 Å². The first-order valence-corrected chi connectivity index (χ1v) is 11.6. The second kappa shape index (κ2) is 15.6. The van der Waals surface area contributed by atoms with Gasteiger partial charge in [-0.2, -0.15) is 0 Å². The molecule has 202 valence electrons. The molecule has 0 saturated carbocycles. The summed E-state index contributed by atoms with van der Waals surface area (Å²) < 4.78 is 27.1. The number of aliphatic hydroxyl groups excluding tert-OH is 1. The summed E-state index contributed by atoms with van der Waals surface area (Å²) in [6, 6.07) is 0. The van der Waals surface area contributed by atoms with Crippen molar-refractivity contribution in [2.75, 3.05) is 26.2 Å². The van der Waals surface area contributed by atoms with Crippen LogP contribution in [-0.2, 0) is 42.9 Å². The van der Waals surface area contributed by atoms with E-state index in [0.29, 0.717) is 19.5 Å². The Labute approximate surface area is 204 Å². The lowest BCUT2D eigenvalue weighted by atomic mass is 9.97. The third kappa shape index (κ3) is 11.8. The van der Waals surface area contributed by atoms with Crippen LogP contribution in [0.5, 0.6) is 0 Å². The molecule has 35 heavy (non-hydrogen) atoms. The fourth-order valence-corrected chi connectivity index (χ4v) is 3.84. The second-order valence-electron chi connectivity index (χ2n) is 8.32. The van der Waals surface area contributed by atoms with E-state index in [1.54, 1.807) is 4.90 Å². The number of nitrogens with two attached hydrogens (primary N) is 1. The highest BCUT2D eigenvalue weighted by Crippen LogP contribution is 2.30. The zero-order valence-corrected chi connectivity index (χ0v) is 20.7. The normalized spacial score (nSPS) is 24.2. The second-order valence-corrected chi connectivity index (χ2v) is 8.32. The van der Waals surface area contributed by atoms with Crippen molar-refractivity contribution in [1.29, 1.82) is 0 Å². The molecule has 3 unspecified atom stereocenters. The smallest absolute Gasteiger partial charge is 0.305 e. The first-order valence-electron chi connectivity index (χ1n) is 11.6. The first-order chi connectivity index (χ1) is 16.4. The third-order valence-corrected chi connectivity index (χ3v) is 5.07. The molecule has 0 aromatic heterocycles. The van der Waals surface area contributed by atoms with Crippen molar-refractivity contribution in [1.82, 2.24) is 4.90 Å². The van der Waals surface area contributed by atoms with Gasteiger partial charge in [-0.1, -0.05) is 12.8 Å². The fraction of sp³-hybridized carbons (Fsp3) is 0.818. The largest absolute Gasteiger partial charge is 0.456 e. The number of aliphatic hydroxyl groups is 2. The molecule has 13 nitrogen and oxygen atoms in total. The van der Waals surface area contributed by atoms with E-state index in [1.807, 2.05) is 0 Å². The minimum Gasteiger partial charge on any atom is -0.456 e. The lowest BCUT2D eigenvalue weighted by Crippen LogP contribution is -2.64. The molecule has 1 fully saturated rings. The number of unbranched alkanes of at least 4 members (excludes halogenated alkanes) is 3. The Bertz CT molecular complexity index is 703. The number of hydrogen-bond acceptors (Lipinski definition) is 13. The molecule has 0 amide bonds. The van der Waals surface area contributed by atoms with Crippen molar-refractivity contribution in [2.24, 2.45) is 5.73 Å². The molecule has 1 heterocycles. The Balaban J connectivity index is 3.26. The molecule has 0 radical (unpaired) electrons. The van der Waals surface area contributed by atoms with E-state index >= 15 is 0 Å². The van der Waals surface area contributed by atoms with Crippen LogP contribution in [-0.4, -0.2) is 102 Å². The van der Waals surface area contributed by atoms with E-state index in [1.165, 1.54) is 0 Å². The summed E-state index contributed by atoms with van der Waals surface area (Å²) >= 11 is 0. The Morgan fingerprint density at radius 3 is 1.83 bits per heavy atom. The maximum absolute atomic E-state index is 11.9.